The van der Waals surface area contributed by atoms with Crippen LogP contribution < -0.4 is 15.4 Å². The molecule has 92 valence electrons. The average Bonchev–Trinajstić information content (AvgIpc) is 2.40. The Morgan fingerprint density at radius 1 is 1.41 bits per heavy atom. The molecule has 0 atom stereocenters. The molecule has 2 N–H and O–H groups in total. The molecule has 1 aliphatic heterocycles. The van der Waals surface area contributed by atoms with E-state index in [-0.39, 0.29) is 0 Å². The van der Waals surface area contributed by atoms with Crippen LogP contribution in [-0.2, 0) is 0 Å². The summed E-state index contributed by atoms with van der Waals surface area (Å²) in [5.74, 6) is 0.832. The van der Waals surface area contributed by atoms with Gasteiger partial charge in [-0.15, -0.1) is 0 Å². The third-order valence-electron chi connectivity index (χ3n) is 2.73. The molecule has 0 amide bonds. The minimum absolute atomic E-state index is 0.778. The highest BCUT2D eigenvalue weighted by Crippen LogP contribution is 2.17. The Balaban J connectivity index is 1.96. The van der Waals surface area contributed by atoms with Crippen molar-refractivity contribution in [2.75, 3.05) is 38.6 Å². The summed E-state index contributed by atoms with van der Waals surface area (Å²) < 4.78 is 5.18. The molecule has 5 heteroatoms. The van der Waals surface area contributed by atoms with Gasteiger partial charge in [0.05, 0.1) is 7.11 Å². The van der Waals surface area contributed by atoms with E-state index in [9.17, 15) is 0 Å². The molecule has 0 unspecified atom stereocenters. The van der Waals surface area contributed by atoms with Crippen molar-refractivity contribution in [3.63, 3.8) is 0 Å². The van der Waals surface area contributed by atoms with Crippen LogP contribution in [0.25, 0.3) is 0 Å². The molecule has 2 rings (SSSR count). The molecule has 1 heterocycles. The Labute approximate surface area is 107 Å². The van der Waals surface area contributed by atoms with Gasteiger partial charge in [-0.3, -0.25) is 0 Å². The Kier molecular flexibility index (Phi) is 4.17. The van der Waals surface area contributed by atoms with Crippen LogP contribution in [0.3, 0.4) is 0 Å². The van der Waals surface area contributed by atoms with Gasteiger partial charge in [0.1, 0.15) is 5.75 Å². The predicted octanol–water partition coefficient (Wildman–Crippen LogP) is 1.30. The largest absolute Gasteiger partial charge is 0.497 e. The highest BCUT2D eigenvalue weighted by Gasteiger charge is 2.12. The first-order valence-corrected chi connectivity index (χ1v) is 6.11. The maximum Gasteiger partial charge on any atom is 0.173 e. The van der Waals surface area contributed by atoms with Crippen LogP contribution in [0.15, 0.2) is 24.3 Å². The zero-order valence-corrected chi connectivity index (χ0v) is 10.7. The summed E-state index contributed by atoms with van der Waals surface area (Å²) in [6.45, 7) is 3.88. The normalized spacial score (nSPS) is 15.5. The summed E-state index contributed by atoms with van der Waals surface area (Å²) in [7, 11) is 1.66. The van der Waals surface area contributed by atoms with Crippen LogP contribution in [-0.4, -0.2) is 43.3 Å². The monoisotopic (exact) mass is 251 g/mol. The number of anilines is 1. The first kappa shape index (κ1) is 12.1. The van der Waals surface area contributed by atoms with Crippen molar-refractivity contribution in [2.24, 2.45) is 0 Å². The molecular weight excluding hydrogens is 234 g/mol. The Hall–Kier alpha value is -1.33. The number of hydrogen-bond acceptors (Lipinski definition) is 3. The van der Waals surface area contributed by atoms with Gasteiger partial charge in [-0.2, -0.15) is 0 Å². The smallest absolute Gasteiger partial charge is 0.173 e. The second kappa shape index (κ2) is 5.84. The zero-order valence-electron chi connectivity index (χ0n) is 9.90. The van der Waals surface area contributed by atoms with E-state index in [1.165, 1.54) is 0 Å². The van der Waals surface area contributed by atoms with E-state index in [2.05, 4.69) is 15.5 Å². The molecule has 17 heavy (non-hydrogen) atoms. The van der Waals surface area contributed by atoms with Crippen molar-refractivity contribution in [3.8, 4) is 5.75 Å². The van der Waals surface area contributed by atoms with Gasteiger partial charge < -0.3 is 20.3 Å². The number of ether oxygens (including phenoxy) is 1. The van der Waals surface area contributed by atoms with Crippen molar-refractivity contribution >= 4 is 23.0 Å². The number of methoxy groups -OCH3 is 1. The van der Waals surface area contributed by atoms with Crippen molar-refractivity contribution in [1.29, 1.82) is 0 Å². The number of hydrogen-bond donors (Lipinski definition) is 2. The van der Waals surface area contributed by atoms with Gasteiger partial charge in [0.2, 0.25) is 0 Å². The second-order valence-electron chi connectivity index (χ2n) is 3.90. The predicted molar refractivity (Wildman–Crippen MR) is 73.7 cm³/mol. The summed E-state index contributed by atoms with van der Waals surface area (Å²) in [6.07, 6.45) is 0. The highest BCUT2D eigenvalue weighted by molar-refractivity contribution is 7.80. The standard InChI is InChI=1S/C12H17N3OS/c1-16-11-4-2-3-10(9-11)14-12(17)15-7-5-13-6-8-15/h2-4,9,13H,5-8H2,1H3,(H,14,17). The minimum Gasteiger partial charge on any atom is -0.497 e. The molecular formula is C12H17N3OS. The highest BCUT2D eigenvalue weighted by atomic mass is 32.1. The van der Waals surface area contributed by atoms with Gasteiger partial charge >= 0.3 is 0 Å². The van der Waals surface area contributed by atoms with E-state index in [4.69, 9.17) is 17.0 Å². The molecule has 4 nitrogen and oxygen atoms in total. The number of nitrogens with one attached hydrogen (secondary N) is 2. The summed E-state index contributed by atoms with van der Waals surface area (Å²) in [5, 5.41) is 7.32. The van der Waals surface area contributed by atoms with Gasteiger partial charge in [0.25, 0.3) is 0 Å². The lowest BCUT2D eigenvalue weighted by Crippen LogP contribution is -2.47. The van der Waals surface area contributed by atoms with Crippen LogP contribution in [0.5, 0.6) is 5.75 Å². The Morgan fingerprint density at radius 3 is 2.88 bits per heavy atom. The molecule has 0 radical (unpaired) electrons. The third kappa shape index (κ3) is 3.31. The Morgan fingerprint density at radius 2 is 2.18 bits per heavy atom. The van der Waals surface area contributed by atoms with Gasteiger partial charge in [-0.05, 0) is 24.4 Å². The van der Waals surface area contributed by atoms with Crippen molar-refractivity contribution in [1.82, 2.24) is 10.2 Å². The van der Waals surface area contributed by atoms with Gasteiger partial charge in [0.15, 0.2) is 5.11 Å². The first-order chi connectivity index (χ1) is 8.29. The van der Waals surface area contributed by atoms with Crippen molar-refractivity contribution in [2.45, 2.75) is 0 Å². The van der Waals surface area contributed by atoms with Crippen LogP contribution >= 0.6 is 12.2 Å². The molecule has 0 aromatic heterocycles. The molecule has 0 aliphatic carbocycles. The minimum atomic E-state index is 0.778. The van der Waals surface area contributed by atoms with Crippen LogP contribution in [0.4, 0.5) is 5.69 Å². The summed E-state index contributed by atoms with van der Waals surface area (Å²) in [4.78, 5) is 2.17. The van der Waals surface area contributed by atoms with E-state index in [0.717, 1.165) is 42.7 Å². The second-order valence-corrected chi connectivity index (χ2v) is 4.29. The number of nitrogens with zero attached hydrogens (tertiary/aromatic N) is 1. The van der Waals surface area contributed by atoms with Gasteiger partial charge in [-0.1, -0.05) is 6.07 Å². The number of thiocarbonyl (C=S) groups is 1. The van der Waals surface area contributed by atoms with Crippen LogP contribution in [0.2, 0.25) is 0 Å². The number of piperazine rings is 1. The fourth-order valence-electron chi connectivity index (χ4n) is 1.77. The van der Waals surface area contributed by atoms with E-state index in [1.54, 1.807) is 7.11 Å². The van der Waals surface area contributed by atoms with Crippen LogP contribution in [0, 0.1) is 0 Å². The molecule has 1 aromatic carbocycles. The van der Waals surface area contributed by atoms with Crippen molar-refractivity contribution < 1.29 is 4.74 Å². The number of rotatable bonds is 2. The lowest BCUT2D eigenvalue weighted by Gasteiger charge is -2.29. The maximum atomic E-state index is 5.38. The Bertz CT molecular complexity index is 391. The SMILES string of the molecule is COc1cccc(NC(=S)N2CCNCC2)c1. The molecule has 1 aromatic rings. The first-order valence-electron chi connectivity index (χ1n) is 5.70. The van der Waals surface area contributed by atoms with Crippen LogP contribution in [0.1, 0.15) is 0 Å². The molecule has 1 fully saturated rings. The molecule has 0 spiro atoms. The fourth-order valence-corrected chi connectivity index (χ4v) is 2.07. The number of benzene rings is 1. The van der Waals surface area contributed by atoms with Crippen molar-refractivity contribution in [3.05, 3.63) is 24.3 Å². The lowest BCUT2D eigenvalue weighted by atomic mass is 10.3. The van der Waals surface area contributed by atoms with E-state index in [1.807, 2.05) is 24.3 Å². The van der Waals surface area contributed by atoms with E-state index < -0.39 is 0 Å². The molecule has 1 saturated heterocycles. The topological polar surface area (TPSA) is 36.5 Å². The summed E-state index contributed by atoms with van der Waals surface area (Å²) in [6, 6.07) is 7.78. The molecule has 0 saturated carbocycles. The average molecular weight is 251 g/mol. The molecule has 0 bridgehead atoms. The molecule has 1 aliphatic rings. The van der Waals surface area contributed by atoms with E-state index in [0.29, 0.717) is 0 Å². The summed E-state index contributed by atoms with van der Waals surface area (Å²) in [5.41, 5.74) is 0.966. The van der Waals surface area contributed by atoms with Gasteiger partial charge in [-0.25, -0.2) is 0 Å². The summed E-state index contributed by atoms with van der Waals surface area (Å²) >= 11 is 5.38. The third-order valence-corrected chi connectivity index (χ3v) is 3.09. The lowest BCUT2D eigenvalue weighted by molar-refractivity contribution is 0.362. The van der Waals surface area contributed by atoms with E-state index >= 15 is 0 Å². The quantitative estimate of drug-likeness (QED) is 0.775. The zero-order chi connectivity index (χ0) is 12.1. The maximum absolute atomic E-state index is 5.38. The van der Waals surface area contributed by atoms with Gasteiger partial charge in [0, 0.05) is 37.9 Å². The fraction of sp³-hybridized carbons (Fsp3) is 0.417.